The van der Waals surface area contributed by atoms with E-state index in [1.54, 1.807) is 11.3 Å². The highest BCUT2D eigenvalue weighted by Gasteiger charge is 2.13. The van der Waals surface area contributed by atoms with Gasteiger partial charge in [-0.25, -0.2) is 0 Å². The Balaban J connectivity index is 1.88. The zero-order chi connectivity index (χ0) is 13.8. The molecule has 0 unspecified atom stereocenters. The lowest BCUT2D eigenvalue weighted by Gasteiger charge is -2.00. The van der Waals surface area contributed by atoms with Crippen LogP contribution in [0.3, 0.4) is 0 Å². The van der Waals surface area contributed by atoms with Crippen LogP contribution in [0.4, 0.5) is 0 Å². The summed E-state index contributed by atoms with van der Waals surface area (Å²) < 4.78 is 5.32. The maximum absolute atomic E-state index is 8.85. The molecule has 0 bridgehead atoms. The number of benzene rings is 1. The van der Waals surface area contributed by atoms with Crippen LogP contribution in [0.25, 0.3) is 11.5 Å². The van der Waals surface area contributed by atoms with E-state index in [0.29, 0.717) is 24.6 Å². The zero-order valence-corrected chi connectivity index (χ0v) is 11.4. The first-order valence-corrected chi connectivity index (χ1v) is 7.05. The van der Waals surface area contributed by atoms with E-state index >= 15 is 0 Å². The molecule has 0 atom stereocenters. The highest BCUT2D eigenvalue weighted by molar-refractivity contribution is 7.09. The number of aromatic nitrogens is 2. The average Bonchev–Trinajstić information content (AvgIpc) is 3.12. The van der Waals surface area contributed by atoms with Gasteiger partial charge in [0.25, 0.3) is 5.89 Å². The van der Waals surface area contributed by atoms with Gasteiger partial charge in [-0.1, -0.05) is 29.4 Å². The maximum atomic E-state index is 8.85. The van der Waals surface area contributed by atoms with Gasteiger partial charge in [0.15, 0.2) is 5.82 Å². The molecule has 2 aromatic heterocycles. The molecular weight excluding hydrogens is 270 g/mol. The minimum absolute atomic E-state index is 0.332. The first-order chi connectivity index (χ1) is 9.86. The summed E-state index contributed by atoms with van der Waals surface area (Å²) in [6.45, 7) is 0. The molecule has 98 valence electrons. The second-order valence-electron chi connectivity index (χ2n) is 4.26. The highest BCUT2D eigenvalue weighted by Crippen LogP contribution is 2.23. The number of hydrogen-bond donors (Lipinski definition) is 0. The van der Waals surface area contributed by atoms with Crippen molar-refractivity contribution >= 4 is 11.3 Å². The molecule has 0 N–H and O–H groups in total. The van der Waals surface area contributed by atoms with E-state index in [1.807, 2.05) is 41.8 Å². The third kappa shape index (κ3) is 2.60. The quantitative estimate of drug-likeness (QED) is 0.734. The lowest BCUT2D eigenvalue weighted by atomic mass is 10.1. The zero-order valence-electron chi connectivity index (χ0n) is 10.6. The van der Waals surface area contributed by atoms with Gasteiger partial charge in [0, 0.05) is 16.9 Å². The average molecular weight is 281 g/mol. The molecule has 2 heterocycles. The minimum atomic E-state index is 0.332. The van der Waals surface area contributed by atoms with Crippen molar-refractivity contribution in [2.75, 3.05) is 0 Å². The summed E-state index contributed by atoms with van der Waals surface area (Å²) in [5.41, 5.74) is 1.74. The van der Waals surface area contributed by atoms with Crippen molar-refractivity contribution in [2.45, 2.75) is 12.8 Å². The van der Waals surface area contributed by atoms with Gasteiger partial charge >= 0.3 is 0 Å². The summed E-state index contributed by atoms with van der Waals surface area (Å²) in [4.78, 5) is 5.61. The minimum Gasteiger partial charge on any atom is -0.334 e. The number of thiophene rings is 1. The van der Waals surface area contributed by atoms with E-state index in [9.17, 15) is 0 Å². The number of hydrogen-bond acceptors (Lipinski definition) is 5. The maximum Gasteiger partial charge on any atom is 0.258 e. The van der Waals surface area contributed by atoms with Crippen molar-refractivity contribution in [1.29, 1.82) is 5.26 Å². The van der Waals surface area contributed by atoms with Gasteiger partial charge in [-0.05, 0) is 23.1 Å². The van der Waals surface area contributed by atoms with E-state index in [0.717, 1.165) is 11.1 Å². The molecule has 3 rings (SSSR count). The van der Waals surface area contributed by atoms with Crippen LogP contribution in [-0.2, 0) is 12.8 Å². The van der Waals surface area contributed by atoms with Crippen LogP contribution in [0, 0.1) is 11.3 Å². The second-order valence-corrected chi connectivity index (χ2v) is 5.30. The van der Waals surface area contributed by atoms with Gasteiger partial charge in [-0.15, -0.1) is 11.3 Å². The van der Waals surface area contributed by atoms with Crippen LogP contribution in [-0.4, -0.2) is 10.1 Å². The number of nitriles is 1. The predicted octanol–water partition coefficient (Wildman–Crippen LogP) is 3.45. The van der Waals surface area contributed by atoms with Crippen LogP contribution >= 0.6 is 11.3 Å². The van der Waals surface area contributed by atoms with Gasteiger partial charge in [-0.3, -0.25) is 0 Å². The number of nitrogens with zero attached hydrogens (tertiary/aromatic N) is 3. The summed E-state index contributed by atoms with van der Waals surface area (Å²) in [6.07, 6.45) is 1.00. The summed E-state index contributed by atoms with van der Waals surface area (Å²) in [6, 6.07) is 13.8. The Bertz CT molecular complexity index is 741. The normalized spacial score (nSPS) is 10.3. The molecule has 0 aliphatic carbocycles. The summed E-state index contributed by atoms with van der Waals surface area (Å²) in [5.74, 6) is 1.14. The lowest BCUT2D eigenvalue weighted by molar-refractivity contribution is 0.424. The Morgan fingerprint density at radius 3 is 2.90 bits per heavy atom. The van der Waals surface area contributed by atoms with Crippen LogP contribution in [0.1, 0.15) is 16.3 Å². The molecule has 20 heavy (non-hydrogen) atoms. The van der Waals surface area contributed by atoms with Gasteiger partial charge in [-0.2, -0.15) is 10.2 Å². The summed E-state index contributed by atoms with van der Waals surface area (Å²) in [7, 11) is 0. The molecule has 0 radical (unpaired) electrons. The van der Waals surface area contributed by atoms with Crippen LogP contribution in [0.15, 0.2) is 46.3 Å². The molecule has 0 aliphatic rings. The van der Waals surface area contributed by atoms with Crippen molar-refractivity contribution < 1.29 is 4.52 Å². The van der Waals surface area contributed by atoms with Gasteiger partial charge in [0.05, 0.1) is 12.5 Å². The third-order valence-electron chi connectivity index (χ3n) is 2.90. The van der Waals surface area contributed by atoms with Crippen molar-refractivity contribution in [3.05, 3.63) is 58.0 Å². The van der Waals surface area contributed by atoms with E-state index in [2.05, 4.69) is 16.2 Å². The Morgan fingerprint density at radius 1 is 1.20 bits per heavy atom. The van der Waals surface area contributed by atoms with Crippen LogP contribution < -0.4 is 0 Å². The molecule has 0 saturated heterocycles. The first kappa shape index (κ1) is 12.6. The topological polar surface area (TPSA) is 62.7 Å². The fourth-order valence-electron chi connectivity index (χ4n) is 1.97. The van der Waals surface area contributed by atoms with Crippen molar-refractivity contribution in [3.8, 4) is 17.5 Å². The molecular formula is C15H11N3OS. The first-order valence-electron chi connectivity index (χ1n) is 6.17. The van der Waals surface area contributed by atoms with Gasteiger partial charge < -0.3 is 4.52 Å². The van der Waals surface area contributed by atoms with E-state index in [1.165, 1.54) is 4.88 Å². The largest absolute Gasteiger partial charge is 0.334 e. The third-order valence-corrected chi connectivity index (χ3v) is 3.77. The van der Waals surface area contributed by atoms with Crippen LogP contribution in [0.2, 0.25) is 0 Å². The van der Waals surface area contributed by atoms with E-state index < -0.39 is 0 Å². The smallest absolute Gasteiger partial charge is 0.258 e. The second kappa shape index (κ2) is 5.68. The molecule has 0 saturated carbocycles. The van der Waals surface area contributed by atoms with Gasteiger partial charge in [0.2, 0.25) is 0 Å². The fraction of sp³-hybridized carbons (Fsp3) is 0.133. The summed E-state index contributed by atoms with van der Waals surface area (Å²) >= 11 is 1.67. The SMILES string of the molecule is N#CCc1ccccc1-c1nc(Cc2cccs2)no1. The van der Waals surface area contributed by atoms with E-state index in [-0.39, 0.29) is 0 Å². The van der Waals surface area contributed by atoms with Crippen molar-refractivity contribution in [2.24, 2.45) is 0 Å². The van der Waals surface area contributed by atoms with Crippen LogP contribution in [0.5, 0.6) is 0 Å². The molecule has 3 aromatic rings. The Kier molecular flexibility index (Phi) is 3.57. The molecule has 0 spiro atoms. The molecule has 0 aliphatic heterocycles. The number of rotatable bonds is 4. The monoisotopic (exact) mass is 281 g/mol. The highest BCUT2D eigenvalue weighted by atomic mass is 32.1. The Morgan fingerprint density at radius 2 is 2.10 bits per heavy atom. The molecule has 0 fully saturated rings. The molecule has 4 nitrogen and oxygen atoms in total. The lowest BCUT2D eigenvalue weighted by Crippen LogP contribution is -1.90. The molecule has 1 aromatic carbocycles. The summed E-state index contributed by atoms with van der Waals surface area (Å²) in [5, 5.41) is 14.9. The Labute approximate surface area is 120 Å². The Hall–Kier alpha value is -2.45. The van der Waals surface area contributed by atoms with Gasteiger partial charge in [0.1, 0.15) is 0 Å². The fourth-order valence-corrected chi connectivity index (χ4v) is 2.67. The predicted molar refractivity (Wildman–Crippen MR) is 76.2 cm³/mol. The molecule has 5 heteroatoms. The standard InChI is InChI=1S/C15H11N3OS/c16-8-7-11-4-1-2-6-13(11)15-17-14(18-19-15)10-12-5-3-9-20-12/h1-6,9H,7,10H2. The van der Waals surface area contributed by atoms with E-state index in [4.69, 9.17) is 9.78 Å². The van der Waals surface area contributed by atoms with Crippen molar-refractivity contribution in [3.63, 3.8) is 0 Å². The molecule has 0 amide bonds. The van der Waals surface area contributed by atoms with Crippen molar-refractivity contribution in [1.82, 2.24) is 10.1 Å².